The number of rotatable bonds is 6. The van der Waals surface area contributed by atoms with E-state index in [-0.39, 0.29) is 12.2 Å². The van der Waals surface area contributed by atoms with Gasteiger partial charge in [0.05, 0.1) is 13.7 Å². The van der Waals surface area contributed by atoms with Gasteiger partial charge in [0.2, 0.25) is 0 Å². The summed E-state index contributed by atoms with van der Waals surface area (Å²) in [6.45, 7) is 0.298. The van der Waals surface area contributed by atoms with E-state index >= 15 is 0 Å². The van der Waals surface area contributed by atoms with Crippen molar-refractivity contribution < 1.29 is 14.6 Å². The smallest absolute Gasteiger partial charge is 0.267 e. The molecule has 0 saturated carbocycles. The van der Waals surface area contributed by atoms with Crippen LogP contribution in [-0.4, -0.2) is 43.2 Å². The summed E-state index contributed by atoms with van der Waals surface area (Å²) < 4.78 is 5.02. The van der Waals surface area contributed by atoms with Gasteiger partial charge in [0.1, 0.15) is 17.4 Å². The Labute approximate surface area is 117 Å². The summed E-state index contributed by atoms with van der Waals surface area (Å²) in [6.07, 6.45) is 1.40. The highest BCUT2D eigenvalue weighted by atomic mass is 16.5. The van der Waals surface area contributed by atoms with Gasteiger partial charge in [-0.25, -0.2) is 0 Å². The van der Waals surface area contributed by atoms with Gasteiger partial charge in [0.25, 0.3) is 5.91 Å². The number of carbonyl (C=O) groups is 1. The topological polar surface area (TPSA) is 85.6 Å². The molecule has 0 aliphatic rings. The largest absolute Gasteiger partial charge is 0.497 e. The number of nitriles is 1. The number of nitrogens with one attached hydrogen (secondary N) is 1. The Morgan fingerprint density at radius 3 is 2.65 bits per heavy atom. The third-order valence-electron chi connectivity index (χ3n) is 2.52. The molecule has 0 aliphatic heterocycles. The summed E-state index contributed by atoms with van der Waals surface area (Å²) >= 11 is 0. The average molecular weight is 275 g/mol. The van der Waals surface area contributed by atoms with E-state index in [2.05, 4.69) is 5.32 Å². The molecule has 0 aromatic heterocycles. The number of anilines is 1. The molecule has 0 heterocycles. The van der Waals surface area contributed by atoms with Crippen molar-refractivity contribution in [2.24, 2.45) is 0 Å². The lowest BCUT2D eigenvalue weighted by Crippen LogP contribution is -2.20. The van der Waals surface area contributed by atoms with Crippen molar-refractivity contribution in [3.05, 3.63) is 36.0 Å². The first kappa shape index (κ1) is 15.5. The van der Waals surface area contributed by atoms with Crippen LogP contribution in [0.4, 0.5) is 5.69 Å². The minimum Gasteiger partial charge on any atom is -0.497 e. The van der Waals surface area contributed by atoms with E-state index in [9.17, 15) is 4.79 Å². The van der Waals surface area contributed by atoms with Crippen molar-refractivity contribution in [3.63, 3.8) is 0 Å². The van der Waals surface area contributed by atoms with Crippen molar-refractivity contribution in [3.8, 4) is 11.8 Å². The zero-order valence-corrected chi connectivity index (χ0v) is 11.5. The SMILES string of the molecule is COc1ccc(NC(=O)/C(C#N)=C\N(C)CCO)cc1. The summed E-state index contributed by atoms with van der Waals surface area (Å²) in [5, 5.41) is 20.4. The van der Waals surface area contributed by atoms with Gasteiger partial charge in [-0.3, -0.25) is 4.79 Å². The number of aliphatic hydroxyl groups is 1. The molecule has 1 aromatic rings. The standard InChI is InChI=1S/C14H17N3O3/c1-17(7-8-18)10-11(9-15)14(19)16-12-3-5-13(20-2)6-4-12/h3-6,10,18H,7-8H2,1-2H3,(H,16,19)/b11-10-. The van der Waals surface area contributed by atoms with Crippen molar-refractivity contribution >= 4 is 11.6 Å². The van der Waals surface area contributed by atoms with Crippen LogP contribution in [0.15, 0.2) is 36.0 Å². The molecule has 6 heteroatoms. The van der Waals surface area contributed by atoms with Gasteiger partial charge in [-0.05, 0) is 24.3 Å². The highest BCUT2D eigenvalue weighted by molar-refractivity contribution is 6.06. The lowest BCUT2D eigenvalue weighted by Gasteiger charge is -2.12. The van der Waals surface area contributed by atoms with Gasteiger partial charge in [-0.1, -0.05) is 0 Å². The molecule has 106 valence electrons. The predicted molar refractivity (Wildman–Crippen MR) is 75.0 cm³/mol. The Morgan fingerprint density at radius 1 is 1.50 bits per heavy atom. The van der Waals surface area contributed by atoms with Crippen LogP contribution in [0, 0.1) is 11.3 Å². The van der Waals surface area contributed by atoms with Crippen LogP contribution >= 0.6 is 0 Å². The maximum absolute atomic E-state index is 11.9. The summed E-state index contributed by atoms with van der Waals surface area (Å²) in [7, 11) is 3.23. The zero-order chi connectivity index (χ0) is 15.0. The molecule has 0 unspecified atom stereocenters. The van der Waals surface area contributed by atoms with Gasteiger partial charge >= 0.3 is 0 Å². The molecule has 20 heavy (non-hydrogen) atoms. The molecule has 1 amide bonds. The maximum Gasteiger partial charge on any atom is 0.267 e. The lowest BCUT2D eigenvalue weighted by atomic mass is 10.2. The van der Waals surface area contributed by atoms with E-state index in [4.69, 9.17) is 15.1 Å². The summed E-state index contributed by atoms with van der Waals surface area (Å²) in [6, 6.07) is 8.63. The monoisotopic (exact) mass is 275 g/mol. The van der Waals surface area contributed by atoms with Crippen molar-refractivity contribution in [1.29, 1.82) is 5.26 Å². The molecule has 0 fully saturated rings. The molecule has 1 rings (SSSR count). The van der Waals surface area contributed by atoms with Crippen molar-refractivity contribution in [1.82, 2.24) is 4.90 Å². The summed E-state index contributed by atoms with van der Waals surface area (Å²) in [4.78, 5) is 13.5. The van der Waals surface area contributed by atoms with Gasteiger partial charge in [0, 0.05) is 25.5 Å². The minimum atomic E-state index is -0.498. The second-order valence-electron chi connectivity index (χ2n) is 4.04. The Bertz CT molecular complexity index is 517. The van der Waals surface area contributed by atoms with Crippen LogP contribution in [0.25, 0.3) is 0 Å². The first-order chi connectivity index (χ1) is 9.60. The van der Waals surface area contributed by atoms with Gasteiger partial charge in [-0.15, -0.1) is 0 Å². The Kier molecular flexibility index (Phi) is 6.07. The zero-order valence-electron chi connectivity index (χ0n) is 11.5. The third-order valence-corrected chi connectivity index (χ3v) is 2.52. The number of amides is 1. The van der Waals surface area contributed by atoms with E-state index in [1.54, 1.807) is 43.3 Å². The van der Waals surface area contributed by atoms with E-state index in [1.165, 1.54) is 6.20 Å². The van der Waals surface area contributed by atoms with Crippen LogP contribution in [-0.2, 0) is 4.79 Å². The highest BCUT2D eigenvalue weighted by Crippen LogP contribution is 2.15. The van der Waals surface area contributed by atoms with E-state index in [0.29, 0.717) is 18.0 Å². The second-order valence-corrected chi connectivity index (χ2v) is 4.04. The average Bonchev–Trinajstić information content (AvgIpc) is 2.45. The number of methoxy groups -OCH3 is 1. The van der Waals surface area contributed by atoms with Crippen LogP contribution < -0.4 is 10.1 Å². The van der Waals surface area contributed by atoms with Crippen LogP contribution in [0.2, 0.25) is 0 Å². The molecule has 2 N–H and O–H groups in total. The van der Waals surface area contributed by atoms with Gasteiger partial charge in [-0.2, -0.15) is 5.26 Å². The molecule has 6 nitrogen and oxygen atoms in total. The van der Waals surface area contributed by atoms with E-state index in [0.717, 1.165) is 0 Å². The number of nitrogens with zero attached hydrogens (tertiary/aromatic N) is 2. The Balaban J connectivity index is 2.74. The number of hydrogen-bond donors (Lipinski definition) is 2. The molecule has 0 aliphatic carbocycles. The summed E-state index contributed by atoms with van der Waals surface area (Å²) in [5.74, 6) is 0.184. The van der Waals surface area contributed by atoms with Crippen molar-refractivity contribution in [2.75, 3.05) is 32.6 Å². The number of carbonyl (C=O) groups excluding carboxylic acids is 1. The molecule has 0 atom stereocenters. The van der Waals surface area contributed by atoms with Crippen LogP contribution in [0.3, 0.4) is 0 Å². The molecular weight excluding hydrogens is 258 g/mol. The fourth-order valence-electron chi connectivity index (χ4n) is 1.45. The quantitative estimate of drug-likeness (QED) is 0.596. The van der Waals surface area contributed by atoms with Crippen molar-refractivity contribution in [2.45, 2.75) is 0 Å². The lowest BCUT2D eigenvalue weighted by molar-refractivity contribution is -0.112. The number of benzene rings is 1. The molecule has 1 aromatic carbocycles. The Morgan fingerprint density at radius 2 is 2.15 bits per heavy atom. The summed E-state index contributed by atoms with van der Waals surface area (Å²) in [5.41, 5.74) is 0.540. The molecule has 0 bridgehead atoms. The van der Waals surface area contributed by atoms with Gasteiger partial charge < -0.3 is 20.1 Å². The van der Waals surface area contributed by atoms with E-state index < -0.39 is 5.91 Å². The van der Waals surface area contributed by atoms with Gasteiger partial charge in [0.15, 0.2) is 0 Å². The third kappa shape index (κ3) is 4.63. The van der Waals surface area contributed by atoms with Crippen LogP contribution in [0.5, 0.6) is 5.75 Å². The molecular formula is C14H17N3O3. The minimum absolute atomic E-state index is 0.0308. The predicted octanol–water partition coefficient (Wildman–Crippen LogP) is 0.965. The second kappa shape index (κ2) is 7.81. The highest BCUT2D eigenvalue weighted by Gasteiger charge is 2.10. The molecule has 0 radical (unpaired) electrons. The molecule has 0 saturated heterocycles. The number of hydrogen-bond acceptors (Lipinski definition) is 5. The van der Waals surface area contributed by atoms with Crippen LogP contribution in [0.1, 0.15) is 0 Å². The first-order valence-corrected chi connectivity index (χ1v) is 5.99. The molecule has 0 spiro atoms. The fraction of sp³-hybridized carbons (Fsp3) is 0.286. The maximum atomic E-state index is 11.9. The number of ether oxygens (including phenoxy) is 1. The first-order valence-electron chi connectivity index (χ1n) is 5.99. The number of aliphatic hydroxyl groups excluding tert-OH is 1. The Hall–Kier alpha value is -2.52. The number of likely N-dealkylation sites (N-methyl/N-ethyl adjacent to an activating group) is 1. The normalized spacial score (nSPS) is 10.6. The fourth-order valence-corrected chi connectivity index (χ4v) is 1.45. The van der Waals surface area contributed by atoms with E-state index in [1.807, 2.05) is 6.07 Å².